The minimum Gasteiger partial charge on any atom is -0.455 e. The fraction of sp³-hybridized carbons (Fsp3) is 0.160. The quantitative estimate of drug-likeness (QED) is 0.373. The normalized spacial score (nSPS) is 11.3. The standard InChI is InChI=1S/C25H24N2O4S/c1-32-22-15-9-8-14-20(22)26-23(28)17-31-24(29)16-21(18-10-4-2-5-11-18)27-25(30)19-12-6-3-7-13-19/h2-15,21H,16-17H2,1H3,(H,26,28)(H,27,30). The van der Waals surface area contributed by atoms with E-state index in [1.165, 1.54) is 11.8 Å². The minimum atomic E-state index is -0.586. The number of hydrogen-bond acceptors (Lipinski definition) is 5. The molecule has 3 aromatic carbocycles. The average Bonchev–Trinajstić information content (AvgIpc) is 2.83. The summed E-state index contributed by atoms with van der Waals surface area (Å²) >= 11 is 1.51. The van der Waals surface area contributed by atoms with Crippen LogP contribution in [0.2, 0.25) is 0 Å². The average molecular weight is 449 g/mol. The molecular weight excluding hydrogens is 424 g/mol. The summed E-state index contributed by atoms with van der Waals surface area (Å²) in [4.78, 5) is 38.2. The summed E-state index contributed by atoms with van der Waals surface area (Å²) in [6, 6.07) is 24.7. The third kappa shape index (κ3) is 6.72. The number of ether oxygens (including phenoxy) is 1. The predicted molar refractivity (Wildman–Crippen MR) is 126 cm³/mol. The van der Waals surface area contributed by atoms with Gasteiger partial charge in [0.05, 0.1) is 18.2 Å². The monoisotopic (exact) mass is 448 g/mol. The number of nitrogens with one attached hydrogen (secondary N) is 2. The topological polar surface area (TPSA) is 84.5 Å². The number of hydrogen-bond donors (Lipinski definition) is 2. The third-order valence-corrected chi connectivity index (χ3v) is 5.46. The van der Waals surface area contributed by atoms with Crippen molar-refractivity contribution in [2.24, 2.45) is 0 Å². The highest BCUT2D eigenvalue weighted by molar-refractivity contribution is 7.98. The molecule has 32 heavy (non-hydrogen) atoms. The SMILES string of the molecule is CSc1ccccc1NC(=O)COC(=O)CC(NC(=O)c1ccccc1)c1ccccc1. The van der Waals surface area contributed by atoms with E-state index in [9.17, 15) is 14.4 Å². The lowest BCUT2D eigenvalue weighted by Gasteiger charge is -2.19. The first-order chi connectivity index (χ1) is 15.6. The van der Waals surface area contributed by atoms with Crippen molar-refractivity contribution in [2.75, 3.05) is 18.2 Å². The van der Waals surface area contributed by atoms with Gasteiger partial charge in [0.25, 0.3) is 11.8 Å². The summed E-state index contributed by atoms with van der Waals surface area (Å²) in [6.07, 6.45) is 1.82. The van der Waals surface area contributed by atoms with Gasteiger partial charge in [-0.2, -0.15) is 0 Å². The minimum absolute atomic E-state index is 0.0999. The van der Waals surface area contributed by atoms with Crippen molar-refractivity contribution < 1.29 is 19.1 Å². The molecule has 0 aliphatic heterocycles. The Bertz CT molecular complexity index is 1060. The van der Waals surface area contributed by atoms with Crippen LogP contribution in [0, 0.1) is 0 Å². The van der Waals surface area contributed by atoms with Crippen molar-refractivity contribution in [3.05, 3.63) is 96.1 Å². The lowest BCUT2D eigenvalue weighted by atomic mass is 10.0. The van der Waals surface area contributed by atoms with Crippen LogP contribution < -0.4 is 10.6 Å². The zero-order valence-electron chi connectivity index (χ0n) is 17.6. The number of amides is 2. The van der Waals surface area contributed by atoms with Crippen LogP contribution in [0.15, 0.2) is 89.8 Å². The van der Waals surface area contributed by atoms with Gasteiger partial charge >= 0.3 is 5.97 Å². The Balaban J connectivity index is 1.60. The van der Waals surface area contributed by atoms with E-state index in [1.54, 1.807) is 30.3 Å². The molecule has 3 aromatic rings. The molecule has 0 fully saturated rings. The molecule has 7 heteroatoms. The number of para-hydroxylation sites is 1. The van der Waals surface area contributed by atoms with Gasteiger partial charge in [0.1, 0.15) is 0 Å². The Morgan fingerprint density at radius 3 is 2.19 bits per heavy atom. The molecule has 2 N–H and O–H groups in total. The van der Waals surface area contributed by atoms with Gasteiger partial charge in [0.2, 0.25) is 0 Å². The summed E-state index contributed by atoms with van der Waals surface area (Å²) < 4.78 is 5.18. The Labute approximate surface area is 191 Å². The van der Waals surface area contributed by atoms with Gasteiger partial charge in [-0.1, -0.05) is 60.7 Å². The van der Waals surface area contributed by atoms with Gasteiger partial charge in [0, 0.05) is 10.5 Å². The molecule has 164 valence electrons. The first kappa shape index (κ1) is 23.1. The zero-order chi connectivity index (χ0) is 22.8. The third-order valence-electron chi connectivity index (χ3n) is 4.66. The number of anilines is 1. The molecule has 0 aliphatic carbocycles. The molecule has 1 atom stereocenters. The van der Waals surface area contributed by atoms with Crippen molar-refractivity contribution in [3.63, 3.8) is 0 Å². The lowest BCUT2D eigenvalue weighted by Crippen LogP contribution is -2.31. The number of carbonyl (C=O) groups excluding carboxylic acids is 3. The van der Waals surface area contributed by atoms with Crippen LogP contribution in [0.1, 0.15) is 28.4 Å². The highest BCUT2D eigenvalue weighted by Crippen LogP contribution is 2.24. The Hall–Kier alpha value is -3.58. The van der Waals surface area contributed by atoms with E-state index in [-0.39, 0.29) is 12.3 Å². The van der Waals surface area contributed by atoms with Crippen LogP contribution in [-0.4, -0.2) is 30.6 Å². The lowest BCUT2D eigenvalue weighted by molar-refractivity contribution is -0.147. The number of rotatable bonds is 9. The van der Waals surface area contributed by atoms with Gasteiger partial charge in [-0.15, -0.1) is 11.8 Å². The Kier molecular flexibility index (Phi) is 8.45. The summed E-state index contributed by atoms with van der Waals surface area (Å²) in [5, 5.41) is 5.63. The number of carbonyl (C=O) groups is 3. The maximum Gasteiger partial charge on any atom is 0.308 e. The van der Waals surface area contributed by atoms with Crippen molar-refractivity contribution >= 4 is 35.2 Å². The first-order valence-electron chi connectivity index (χ1n) is 10.1. The maximum atomic E-state index is 12.6. The van der Waals surface area contributed by atoms with Crippen LogP contribution in [0.5, 0.6) is 0 Å². The van der Waals surface area contributed by atoms with Crippen LogP contribution in [-0.2, 0) is 14.3 Å². The maximum absolute atomic E-state index is 12.6. The number of esters is 1. The van der Waals surface area contributed by atoms with Crippen LogP contribution in [0.3, 0.4) is 0 Å². The van der Waals surface area contributed by atoms with Crippen LogP contribution >= 0.6 is 11.8 Å². The van der Waals surface area contributed by atoms with E-state index in [0.29, 0.717) is 11.3 Å². The summed E-state index contributed by atoms with van der Waals surface area (Å²) in [5.41, 5.74) is 1.93. The molecule has 2 amide bonds. The first-order valence-corrected chi connectivity index (χ1v) is 11.3. The second-order valence-electron chi connectivity index (χ2n) is 6.92. The van der Waals surface area contributed by atoms with Crippen LogP contribution in [0.25, 0.3) is 0 Å². The molecule has 0 bridgehead atoms. The molecule has 6 nitrogen and oxygen atoms in total. The van der Waals surface area contributed by atoms with E-state index < -0.39 is 24.5 Å². The second-order valence-corrected chi connectivity index (χ2v) is 7.76. The van der Waals surface area contributed by atoms with E-state index in [2.05, 4.69) is 10.6 Å². The van der Waals surface area contributed by atoms with E-state index in [4.69, 9.17) is 4.74 Å². The van der Waals surface area contributed by atoms with Crippen molar-refractivity contribution in [3.8, 4) is 0 Å². The number of thioether (sulfide) groups is 1. The van der Waals surface area contributed by atoms with Gasteiger partial charge in [-0.05, 0) is 36.1 Å². The molecule has 3 rings (SSSR count). The van der Waals surface area contributed by atoms with Crippen molar-refractivity contribution in [1.29, 1.82) is 0 Å². The molecule has 1 unspecified atom stereocenters. The highest BCUT2D eigenvalue weighted by Gasteiger charge is 2.21. The highest BCUT2D eigenvalue weighted by atomic mass is 32.2. The molecule has 0 saturated heterocycles. The van der Waals surface area contributed by atoms with Gasteiger partial charge in [-0.3, -0.25) is 14.4 Å². The van der Waals surface area contributed by atoms with E-state index in [0.717, 1.165) is 10.5 Å². The van der Waals surface area contributed by atoms with Gasteiger partial charge in [-0.25, -0.2) is 0 Å². The largest absolute Gasteiger partial charge is 0.455 e. The zero-order valence-corrected chi connectivity index (χ0v) is 18.4. The number of benzene rings is 3. The van der Waals surface area contributed by atoms with E-state index in [1.807, 2.05) is 60.9 Å². The van der Waals surface area contributed by atoms with Crippen molar-refractivity contribution in [2.45, 2.75) is 17.4 Å². The van der Waals surface area contributed by atoms with Crippen molar-refractivity contribution in [1.82, 2.24) is 5.32 Å². The summed E-state index contributed by atoms with van der Waals surface area (Å²) in [6.45, 7) is -0.407. The smallest absolute Gasteiger partial charge is 0.308 e. The molecule has 0 radical (unpaired) electrons. The molecule has 0 aliphatic rings. The summed E-state index contributed by atoms with van der Waals surface area (Å²) in [5.74, 6) is -1.30. The van der Waals surface area contributed by atoms with E-state index >= 15 is 0 Å². The Morgan fingerprint density at radius 2 is 1.50 bits per heavy atom. The second kappa shape index (κ2) is 11.7. The van der Waals surface area contributed by atoms with Crippen LogP contribution in [0.4, 0.5) is 5.69 Å². The van der Waals surface area contributed by atoms with Gasteiger partial charge < -0.3 is 15.4 Å². The molecule has 0 spiro atoms. The molecule has 0 aromatic heterocycles. The molecule has 0 saturated carbocycles. The summed E-state index contributed by atoms with van der Waals surface area (Å²) in [7, 11) is 0. The fourth-order valence-electron chi connectivity index (χ4n) is 3.07. The van der Waals surface area contributed by atoms with Gasteiger partial charge in [0.15, 0.2) is 6.61 Å². The molecule has 0 heterocycles. The fourth-order valence-corrected chi connectivity index (χ4v) is 3.63. The molecular formula is C25H24N2O4S. The Morgan fingerprint density at radius 1 is 0.875 bits per heavy atom. The predicted octanol–water partition coefficient (Wildman–Crippen LogP) is 4.45.